The zero-order valence-electron chi connectivity index (χ0n) is 19.9. The fourth-order valence-electron chi connectivity index (χ4n) is 4.43. The molecule has 2 aromatic heterocycles. The molecule has 2 aromatic carbocycles. The van der Waals surface area contributed by atoms with Gasteiger partial charge in [0, 0.05) is 30.9 Å². The first-order valence-corrected chi connectivity index (χ1v) is 12.2. The van der Waals surface area contributed by atoms with Gasteiger partial charge in [0.2, 0.25) is 5.91 Å². The number of nitro benzene ring substituents is 1. The second-order valence-electron chi connectivity index (χ2n) is 8.60. The molecule has 2 N–H and O–H groups in total. The summed E-state index contributed by atoms with van der Waals surface area (Å²) in [5.41, 5.74) is 1.50. The smallest absolute Gasteiger partial charge is 0.280 e. The van der Waals surface area contributed by atoms with Crippen LogP contribution >= 0.6 is 12.2 Å². The fraction of sp³-hybridized carbons (Fsp3) is 0.148. The van der Waals surface area contributed by atoms with Crippen molar-refractivity contribution >= 4 is 34.6 Å². The van der Waals surface area contributed by atoms with Gasteiger partial charge in [0.15, 0.2) is 5.11 Å². The van der Waals surface area contributed by atoms with Crippen molar-refractivity contribution in [1.82, 2.24) is 15.2 Å². The van der Waals surface area contributed by atoms with Crippen LogP contribution in [0.5, 0.6) is 0 Å². The number of amides is 1. The van der Waals surface area contributed by atoms with Crippen molar-refractivity contribution < 1.29 is 18.5 Å². The summed E-state index contributed by atoms with van der Waals surface area (Å²) < 4.78 is 19.4. The highest BCUT2D eigenvalue weighted by atomic mass is 32.1. The van der Waals surface area contributed by atoms with Crippen molar-refractivity contribution in [2.24, 2.45) is 0 Å². The number of hydrogen-bond donors (Lipinski definition) is 2. The minimum absolute atomic E-state index is 0.0657. The number of nitrogens with one attached hydrogen (secondary N) is 2. The van der Waals surface area contributed by atoms with Crippen molar-refractivity contribution in [2.75, 3.05) is 11.9 Å². The Morgan fingerprint density at radius 2 is 1.87 bits per heavy atom. The summed E-state index contributed by atoms with van der Waals surface area (Å²) in [4.78, 5) is 30.1. The Labute approximate surface area is 222 Å². The van der Waals surface area contributed by atoms with E-state index in [1.165, 1.54) is 30.3 Å². The third-order valence-corrected chi connectivity index (χ3v) is 6.54. The number of benzene rings is 2. The first-order valence-electron chi connectivity index (χ1n) is 11.8. The maximum Gasteiger partial charge on any atom is 0.280 e. The number of hydrogen-bond acceptors (Lipinski definition) is 6. The third-order valence-electron chi connectivity index (χ3n) is 6.19. The molecule has 2 unspecified atom stereocenters. The lowest BCUT2D eigenvalue weighted by Gasteiger charge is -2.25. The fourth-order valence-corrected chi connectivity index (χ4v) is 4.76. The molecule has 192 valence electrons. The molecule has 5 rings (SSSR count). The molecule has 38 heavy (non-hydrogen) atoms. The van der Waals surface area contributed by atoms with Gasteiger partial charge in [-0.3, -0.25) is 19.9 Å². The zero-order valence-corrected chi connectivity index (χ0v) is 20.7. The van der Waals surface area contributed by atoms with E-state index in [0.717, 1.165) is 5.69 Å². The van der Waals surface area contributed by atoms with Gasteiger partial charge in [-0.05, 0) is 66.8 Å². The van der Waals surface area contributed by atoms with Crippen LogP contribution in [0.15, 0.2) is 89.5 Å². The molecule has 9 nitrogen and oxygen atoms in total. The van der Waals surface area contributed by atoms with Gasteiger partial charge in [0.05, 0.1) is 22.2 Å². The van der Waals surface area contributed by atoms with Gasteiger partial charge in [-0.15, -0.1) is 0 Å². The Balaban J connectivity index is 1.42. The number of para-hydroxylation sites is 1. The highest BCUT2D eigenvalue weighted by Crippen LogP contribution is 2.41. The van der Waals surface area contributed by atoms with E-state index in [1.807, 2.05) is 23.1 Å². The molecule has 11 heteroatoms. The molecule has 1 fully saturated rings. The summed E-state index contributed by atoms with van der Waals surface area (Å²) in [5.74, 6) is 0.206. The number of aromatic nitrogens is 1. The predicted molar refractivity (Wildman–Crippen MR) is 143 cm³/mol. The highest BCUT2D eigenvalue weighted by Gasteiger charge is 2.41. The number of rotatable bonds is 8. The van der Waals surface area contributed by atoms with E-state index in [9.17, 15) is 19.3 Å². The molecule has 0 bridgehead atoms. The van der Waals surface area contributed by atoms with E-state index in [1.54, 1.807) is 36.5 Å². The van der Waals surface area contributed by atoms with E-state index in [0.29, 0.717) is 27.9 Å². The minimum Gasteiger partial charge on any atom is -0.459 e. The second-order valence-corrected chi connectivity index (χ2v) is 8.99. The zero-order chi connectivity index (χ0) is 26.6. The van der Waals surface area contributed by atoms with E-state index < -0.39 is 16.8 Å². The molecular formula is C27H22FN5O4S. The lowest BCUT2D eigenvalue weighted by Crippen LogP contribution is -2.32. The van der Waals surface area contributed by atoms with E-state index in [4.69, 9.17) is 16.6 Å². The van der Waals surface area contributed by atoms with Crippen molar-refractivity contribution in [3.8, 4) is 11.3 Å². The summed E-state index contributed by atoms with van der Waals surface area (Å²) in [6, 6.07) is 20.0. The van der Waals surface area contributed by atoms with Crippen molar-refractivity contribution in [3.63, 3.8) is 0 Å². The molecular weight excluding hydrogens is 509 g/mol. The Bertz CT molecular complexity index is 1480. The maximum atomic E-state index is 13.2. The number of pyridine rings is 1. The average molecular weight is 532 g/mol. The van der Waals surface area contributed by atoms with Crippen LogP contribution in [0.2, 0.25) is 0 Å². The lowest BCUT2D eigenvalue weighted by atomic mass is 10.0. The molecule has 1 aliphatic heterocycles. The number of anilines is 1. The topological polar surface area (TPSA) is 114 Å². The second kappa shape index (κ2) is 10.8. The van der Waals surface area contributed by atoms with Crippen LogP contribution in [-0.2, 0) is 4.79 Å². The molecule has 0 aliphatic carbocycles. The molecule has 1 saturated heterocycles. The summed E-state index contributed by atoms with van der Waals surface area (Å²) in [7, 11) is 0. The van der Waals surface area contributed by atoms with Gasteiger partial charge in [0.1, 0.15) is 23.4 Å². The van der Waals surface area contributed by atoms with Gasteiger partial charge in [0.25, 0.3) is 5.69 Å². The Morgan fingerprint density at radius 3 is 2.61 bits per heavy atom. The number of furan rings is 1. The van der Waals surface area contributed by atoms with Crippen LogP contribution in [0.4, 0.5) is 15.8 Å². The SMILES string of the molecule is O=C(CCN1C(=S)NC(c2ccccn2)C1c1ccc(-c2ccccc2[N+](=O)[O-])o1)Nc1ccc(F)cc1. The van der Waals surface area contributed by atoms with Gasteiger partial charge < -0.3 is 20.0 Å². The minimum atomic E-state index is -0.465. The van der Waals surface area contributed by atoms with Crippen LogP contribution < -0.4 is 10.6 Å². The number of halogens is 1. The van der Waals surface area contributed by atoms with Crippen LogP contribution in [0.1, 0.15) is 30.0 Å². The normalized spacial score (nSPS) is 16.8. The van der Waals surface area contributed by atoms with Crippen molar-refractivity contribution in [1.29, 1.82) is 0 Å². The molecule has 1 aliphatic rings. The summed E-state index contributed by atoms with van der Waals surface area (Å²) in [6.45, 7) is 0.258. The third kappa shape index (κ3) is 5.23. The molecule has 0 spiro atoms. The number of nitrogens with zero attached hydrogens (tertiary/aromatic N) is 3. The number of carbonyl (C=O) groups excluding carboxylic acids is 1. The van der Waals surface area contributed by atoms with Crippen LogP contribution in [0, 0.1) is 15.9 Å². The monoisotopic (exact) mass is 531 g/mol. The molecule has 0 radical (unpaired) electrons. The molecule has 4 aromatic rings. The van der Waals surface area contributed by atoms with E-state index in [2.05, 4.69) is 15.6 Å². The highest BCUT2D eigenvalue weighted by molar-refractivity contribution is 7.80. The molecule has 2 atom stereocenters. The van der Waals surface area contributed by atoms with Gasteiger partial charge in [-0.25, -0.2) is 4.39 Å². The summed E-state index contributed by atoms with van der Waals surface area (Å²) in [5, 5.41) is 18.0. The van der Waals surface area contributed by atoms with Crippen LogP contribution in [0.3, 0.4) is 0 Å². The van der Waals surface area contributed by atoms with Crippen LogP contribution in [-0.4, -0.2) is 32.4 Å². The van der Waals surface area contributed by atoms with Gasteiger partial charge in [-0.2, -0.15) is 0 Å². The van der Waals surface area contributed by atoms with Gasteiger partial charge >= 0.3 is 0 Å². The predicted octanol–water partition coefficient (Wildman–Crippen LogP) is 5.39. The average Bonchev–Trinajstić information content (AvgIpc) is 3.53. The number of nitro groups is 1. The standard InChI is InChI=1S/C27H22FN5O4S/c28-17-8-10-18(11-9-17)30-24(34)14-16-32-26(25(31-27(32)38)20-6-3-4-15-29-20)23-13-12-22(37-23)19-5-1-2-7-21(19)33(35)36/h1-13,15,25-26H,14,16H2,(H,30,34)(H,31,38). The Kier molecular flexibility index (Phi) is 7.09. The lowest BCUT2D eigenvalue weighted by molar-refractivity contribution is -0.384. The first kappa shape index (κ1) is 25.0. The van der Waals surface area contributed by atoms with Crippen molar-refractivity contribution in [3.05, 3.63) is 112 Å². The maximum absolute atomic E-state index is 13.2. The summed E-state index contributed by atoms with van der Waals surface area (Å²) in [6.07, 6.45) is 1.78. The largest absolute Gasteiger partial charge is 0.459 e. The Hall–Kier alpha value is -4.64. The van der Waals surface area contributed by atoms with E-state index >= 15 is 0 Å². The summed E-state index contributed by atoms with van der Waals surface area (Å²) >= 11 is 5.63. The number of carbonyl (C=O) groups is 1. The van der Waals surface area contributed by atoms with E-state index in [-0.39, 0.29) is 30.6 Å². The molecule has 1 amide bonds. The van der Waals surface area contributed by atoms with Crippen molar-refractivity contribution in [2.45, 2.75) is 18.5 Å². The molecule has 3 heterocycles. The quantitative estimate of drug-likeness (QED) is 0.177. The Morgan fingerprint density at radius 1 is 1.11 bits per heavy atom. The molecule has 0 saturated carbocycles. The van der Waals surface area contributed by atoms with Crippen LogP contribution in [0.25, 0.3) is 11.3 Å². The van der Waals surface area contributed by atoms with Gasteiger partial charge in [-0.1, -0.05) is 18.2 Å². The number of thiocarbonyl (C=S) groups is 1. The first-order chi connectivity index (χ1) is 18.4.